The number of carboxylic acids is 1. The van der Waals surface area contributed by atoms with Gasteiger partial charge in [0.25, 0.3) is 11.8 Å². The Labute approximate surface area is 196 Å². The Morgan fingerprint density at radius 2 is 1.34 bits per heavy atom. The van der Waals surface area contributed by atoms with Crippen molar-refractivity contribution >= 4 is 46.2 Å². The molecule has 0 saturated carbocycles. The normalized spacial score (nSPS) is 10.2. The number of rotatable bonds is 9. The van der Waals surface area contributed by atoms with E-state index in [1.165, 1.54) is 24.3 Å². The van der Waals surface area contributed by atoms with Crippen LogP contribution in [-0.4, -0.2) is 39.3 Å². The second-order valence-electron chi connectivity index (χ2n) is 7.00. The van der Waals surface area contributed by atoms with E-state index in [2.05, 4.69) is 16.0 Å². The molecule has 13 heteroatoms. The minimum atomic E-state index is -1.21. The van der Waals surface area contributed by atoms with E-state index in [-0.39, 0.29) is 22.5 Å². The van der Waals surface area contributed by atoms with Gasteiger partial charge in [0, 0.05) is 29.1 Å². The highest BCUT2D eigenvalue weighted by Gasteiger charge is 2.29. The van der Waals surface area contributed by atoms with E-state index >= 15 is 0 Å². The lowest BCUT2D eigenvalue weighted by Crippen LogP contribution is -2.29. The van der Waals surface area contributed by atoms with Gasteiger partial charge in [0.05, 0.1) is 15.4 Å². The van der Waals surface area contributed by atoms with E-state index in [0.29, 0.717) is 5.69 Å². The molecule has 0 heterocycles. The first-order chi connectivity index (χ1) is 16.7. The fraction of sp³-hybridized carbons (Fsp3) is 0.0455. The summed E-state index contributed by atoms with van der Waals surface area (Å²) in [5.41, 5.74) is -1.33. The quantitative estimate of drug-likeness (QED) is 0.263. The Morgan fingerprint density at radius 3 is 1.86 bits per heavy atom. The zero-order chi connectivity index (χ0) is 25.5. The van der Waals surface area contributed by atoms with Gasteiger partial charge in [-0.05, 0) is 36.4 Å². The number of benzene rings is 3. The number of nitro groups is 2. The van der Waals surface area contributed by atoms with Crippen LogP contribution in [0.15, 0.2) is 66.7 Å². The van der Waals surface area contributed by atoms with Crippen molar-refractivity contribution in [3.05, 3.63) is 98.1 Å². The molecule has 0 aliphatic rings. The fourth-order valence-electron chi connectivity index (χ4n) is 2.99. The summed E-state index contributed by atoms with van der Waals surface area (Å²) in [6.07, 6.45) is 0. The van der Waals surface area contributed by atoms with E-state index in [4.69, 9.17) is 5.11 Å². The van der Waals surface area contributed by atoms with E-state index < -0.39 is 45.5 Å². The van der Waals surface area contributed by atoms with E-state index in [1.54, 1.807) is 30.3 Å². The molecule has 0 aromatic heterocycles. The summed E-state index contributed by atoms with van der Waals surface area (Å²) >= 11 is 0. The van der Waals surface area contributed by atoms with E-state index in [0.717, 1.165) is 12.1 Å². The van der Waals surface area contributed by atoms with Gasteiger partial charge >= 0.3 is 17.3 Å². The maximum atomic E-state index is 12.7. The number of aliphatic carboxylic acids is 1. The van der Waals surface area contributed by atoms with Gasteiger partial charge in [0.2, 0.25) is 0 Å². The molecule has 13 nitrogen and oxygen atoms in total. The lowest BCUT2D eigenvalue weighted by atomic mass is 10.1. The van der Waals surface area contributed by atoms with Crippen molar-refractivity contribution in [1.29, 1.82) is 0 Å². The second kappa shape index (κ2) is 10.5. The van der Waals surface area contributed by atoms with Crippen LogP contribution in [0.5, 0.6) is 0 Å². The maximum Gasteiger partial charge on any atom is 0.322 e. The summed E-state index contributed by atoms with van der Waals surface area (Å²) in [4.78, 5) is 56.8. The standard InChI is InChI=1S/C22H17N5O8/c28-19(29)12-23-21(30)13-6-8-16(9-7-13)25-22(31)14-10-17(26(32)33)20(18(11-14)27(34)35)24-15-4-2-1-3-5-15/h1-11,24H,12H2,(H,23,30)(H,25,31)(H,28,29). The molecule has 0 unspecified atom stereocenters. The fourth-order valence-corrected chi connectivity index (χ4v) is 2.99. The molecule has 0 atom stereocenters. The first kappa shape index (κ1) is 24.3. The van der Waals surface area contributed by atoms with Crippen LogP contribution in [0.1, 0.15) is 20.7 Å². The number of nitrogens with one attached hydrogen (secondary N) is 3. The number of nitro benzene ring substituents is 2. The molecule has 3 aromatic carbocycles. The Bertz CT molecular complexity index is 1270. The zero-order valence-corrected chi connectivity index (χ0v) is 17.8. The van der Waals surface area contributed by atoms with Crippen molar-refractivity contribution < 1.29 is 29.3 Å². The number of carbonyl (C=O) groups is 3. The molecule has 0 fully saturated rings. The molecule has 0 aliphatic carbocycles. The highest BCUT2D eigenvalue weighted by atomic mass is 16.6. The van der Waals surface area contributed by atoms with Crippen molar-refractivity contribution in [2.45, 2.75) is 0 Å². The number of amides is 2. The molecule has 4 N–H and O–H groups in total. The van der Waals surface area contributed by atoms with Gasteiger partial charge in [-0.15, -0.1) is 0 Å². The summed E-state index contributed by atoms with van der Waals surface area (Å²) in [6, 6.07) is 15.3. The number of carboxylic acid groups (broad SMARTS) is 1. The van der Waals surface area contributed by atoms with Gasteiger partial charge in [-0.1, -0.05) is 18.2 Å². The highest BCUT2D eigenvalue weighted by Crippen LogP contribution is 2.38. The van der Waals surface area contributed by atoms with Gasteiger partial charge in [-0.3, -0.25) is 34.6 Å². The smallest absolute Gasteiger partial charge is 0.322 e. The monoisotopic (exact) mass is 479 g/mol. The van der Waals surface area contributed by atoms with Crippen molar-refractivity contribution in [1.82, 2.24) is 5.32 Å². The predicted octanol–water partition coefficient (Wildman–Crippen LogP) is 3.31. The molecular weight excluding hydrogens is 462 g/mol. The third kappa shape index (κ3) is 6.13. The van der Waals surface area contributed by atoms with Crippen LogP contribution in [0.4, 0.5) is 28.4 Å². The molecule has 3 rings (SSSR count). The maximum absolute atomic E-state index is 12.7. The van der Waals surface area contributed by atoms with Crippen LogP contribution in [0.25, 0.3) is 0 Å². The van der Waals surface area contributed by atoms with Gasteiger partial charge < -0.3 is 21.1 Å². The van der Waals surface area contributed by atoms with Crippen LogP contribution < -0.4 is 16.0 Å². The first-order valence-corrected chi connectivity index (χ1v) is 9.86. The summed E-state index contributed by atoms with van der Waals surface area (Å²) in [5, 5.41) is 39.2. The largest absolute Gasteiger partial charge is 0.480 e. The number of hydrogen-bond donors (Lipinski definition) is 4. The molecule has 0 radical (unpaired) electrons. The Kier molecular flexibility index (Phi) is 7.31. The topological polar surface area (TPSA) is 194 Å². The third-order valence-corrected chi connectivity index (χ3v) is 4.60. The molecule has 0 saturated heterocycles. The lowest BCUT2D eigenvalue weighted by Gasteiger charge is -2.10. The number of hydrogen-bond acceptors (Lipinski definition) is 8. The molecule has 0 bridgehead atoms. The van der Waals surface area contributed by atoms with Gasteiger partial charge in [-0.2, -0.15) is 0 Å². The molecule has 178 valence electrons. The van der Waals surface area contributed by atoms with Gasteiger partial charge in [0.15, 0.2) is 5.69 Å². The Balaban J connectivity index is 1.87. The lowest BCUT2D eigenvalue weighted by molar-refractivity contribution is -0.392. The summed E-state index contributed by atoms with van der Waals surface area (Å²) in [6.45, 7) is -0.565. The minimum Gasteiger partial charge on any atom is -0.480 e. The predicted molar refractivity (Wildman–Crippen MR) is 124 cm³/mol. The number of para-hydroxylation sites is 1. The van der Waals surface area contributed by atoms with Crippen LogP contribution in [0, 0.1) is 20.2 Å². The molecular formula is C22H17N5O8. The molecule has 0 aliphatic heterocycles. The van der Waals surface area contributed by atoms with E-state index in [9.17, 15) is 34.6 Å². The summed E-state index contributed by atoms with van der Waals surface area (Å²) in [5.74, 6) is -2.71. The SMILES string of the molecule is O=C(O)CNC(=O)c1ccc(NC(=O)c2cc([N+](=O)[O-])c(Nc3ccccc3)c([N+](=O)[O-])c2)cc1. The summed E-state index contributed by atoms with van der Waals surface area (Å²) in [7, 11) is 0. The number of nitrogens with zero attached hydrogens (tertiary/aromatic N) is 2. The number of anilines is 3. The third-order valence-electron chi connectivity index (χ3n) is 4.60. The van der Waals surface area contributed by atoms with Crippen LogP contribution in [0.2, 0.25) is 0 Å². The van der Waals surface area contributed by atoms with Crippen LogP contribution in [0.3, 0.4) is 0 Å². The van der Waals surface area contributed by atoms with Gasteiger partial charge in [0.1, 0.15) is 6.54 Å². The molecule has 35 heavy (non-hydrogen) atoms. The minimum absolute atomic E-state index is 0.131. The van der Waals surface area contributed by atoms with Crippen molar-refractivity contribution in [3.63, 3.8) is 0 Å². The average Bonchev–Trinajstić information content (AvgIpc) is 2.83. The van der Waals surface area contributed by atoms with Crippen molar-refractivity contribution in [2.75, 3.05) is 17.2 Å². The molecule has 3 aromatic rings. The molecule has 2 amide bonds. The Morgan fingerprint density at radius 1 is 0.771 bits per heavy atom. The highest BCUT2D eigenvalue weighted by molar-refractivity contribution is 6.06. The summed E-state index contributed by atoms with van der Waals surface area (Å²) < 4.78 is 0. The van der Waals surface area contributed by atoms with Gasteiger partial charge in [-0.25, -0.2) is 0 Å². The van der Waals surface area contributed by atoms with Crippen LogP contribution in [-0.2, 0) is 4.79 Å². The zero-order valence-electron chi connectivity index (χ0n) is 17.8. The van der Waals surface area contributed by atoms with E-state index in [1.807, 2.05) is 0 Å². The average molecular weight is 479 g/mol. The first-order valence-electron chi connectivity index (χ1n) is 9.86. The second-order valence-corrected chi connectivity index (χ2v) is 7.00. The van der Waals surface area contributed by atoms with Crippen molar-refractivity contribution in [3.8, 4) is 0 Å². The Hall–Kier alpha value is -5.33. The molecule has 0 spiro atoms. The van der Waals surface area contributed by atoms with Crippen LogP contribution >= 0.6 is 0 Å². The van der Waals surface area contributed by atoms with Crippen molar-refractivity contribution in [2.24, 2.45) is 0 Å². The number of carbonyl (C=O) groups excluding carboxylic acids is 2.